The molecule has 3 rings (SSSR count). The summed E-state index contributed by atoms with van der Waals surface area (Å²) in [5.74, 6) is -1.45. The fourth-order valence-electron chi connectivity index (χ4n) is 7.27. The van der Waals surface area contributed by atoms with Gasteiger partial charge in [-0.1, -0.05) is 125 Å². The Balaban J connectivity index is 1.44. The van der Waals surface area contributed by atoms with Gasteiger partial charge in [0, 0.05) is 19.0 Å². The van der Waals surface area contributed by atoms with Crippen LogP contribution in [0.5, 0.6) is 0 Å². The fraction of sp³-hybridized carbons (Fsp3) is 0.615. The van der Waals surface area contributed by atoms with Crippen molar-refractivity contribution in [2.45, 2.75) is 185 Å². The molecule has 2 aliphatic heterocycles. The zero-order valence-electron chi connectivity index (χ0n) is 42.6. The number of aromatic nitrogens is 2. The van der Waals surface area contributed by atoms with E-state index < -0.39 is 83.7 Å². The van der Waals surface area contributed by atoms with Crippen LogP contribution in [-0.2, 0) is 51.0 Å². The Morgan fingerprint density at radius 3 is 1.79 bits per heavy atom. The van der Waals surface area contributed by atoms with E-state index in [1.807, 2.05) is 12.2 Å². The van der Waals surface area contributed by atoms with Gasteiger partial charge in [-0.3, -0.25) is 23.2 Å². The number of aliphatic hydroxyl groups excluding tert-OH is 2. The second kappa shape index (κ2) is 36.8. The van der Waals surface area contributed by atoms with Crippen LogP contribution in [0.3, 0.4) is 0 Å². The summed E-state index contributed by atoms with van der Waals surface area (Å²) in [7, 11) is -10.9. The number of allylic oxidation sites excluding steroid dienone is 13. The molecule has 1 aromatic heterocycles. The number of nitrogen functional groups attached to an aromatic ring is 1. The average Bonchev–Trinajstić information content (AvgIpc) is 4.04. The van der Waals surface area contributed by atoms with E-state index in [-0.39, 0.29) is 30.9 Å². The largest absolute Gasteiger partial charge is 0.481 e. The highest BCUT2D eigenvalue weighted by atomic mass is 31.3. The molecule has 0 aliphatic carbocycles. The maximum Gasteiger partial charge on any atom is 0.481 e. The molecule has 0 spiro atoms. The number of nitrogens with zero attached hydrogens (tertiary/aromatic N) is 2. The van der Waals surface area contributed by atoms with Crippen molar-refractivity contribution < 1.29 is 71.0 Å². The summed E-state index contributed by atoms with van der Waals surface area (Å²) in [6.07, 6.45) is 39.7. The molecule has 0 aromatic carbocycles. The van der Waals surface area contributed by atoms with Crippen molar-refractivity contribution >= 4 is 33.4 Å². The highest BCUT2D eigenvalue weighted by Gasteiger charge is 2.46. The molecule has 2 aliphatic rings. The lowest BCUT2D eigenvalue weighted by Gasteiger charge is -2.21. The molecule has 9 atom stereocenters. The quantitative estimate of drug-likeness (QED) is 0.0134. The third kappa shape index (κ3) is 29.0. The minimum absolute atomic E-state index is 0.0171. The number of nitrogens with two attached hydrogens (primary N) is 1. The maximum absolute atomic E-state index is 12.9. The molecule has 4 unspecified atom stereocenters. The number of hydrogen-bond donors (Lipinski definition) is 5. The number of carbonyl (C=O) groups is 2. The fourth-order valence-corrected chi connectivity index (χ4v) is 9.38. The predicted molar refractivity (Wildman–Crippen MR) is 279 cm³/mol. The number of phosphoric acid groups is 2. The molecule has 0 saturated carbocycles. The van der Waals surface area contributed by atoms with E-state index in [0.29, 0.717) is 25.7 Å². The lowest BCUT2D eigenvalue weighted by Crippen LogP contribution is -2.36. The summed E-state index contributed by atoms with van der Waals surface area (Å²) in [5.41, 5.74) is 4.58. The van der Waals surface area contributed by atoms with Gasteiger partial charge in [0.2, 0.25) is 0 Å². The van der Waals surface area contributed by atoms with Crippen molar-refractivity contribution in [3.05, 3.63) is 108 Å². The van der Waals surface area contributed by atoms with Gasteiger partial charge in [0.15, 0.2) is 12.3 Å². The van der Waals surface area contributed by atoms with Gasteiger partial charge in [0.05, 0.1) is 25.4 Å². The Kier molecular flexibility index (Phi) is 31.8. The van der Waals surface area contributed by atoms with Crippen molar-refractivity contribution in [1.82, 2.24) is 9.55 Å². The minimum Gasteiger partial charge on any atom is -0.462 e. The number of epoxide rings is 1. The van der Waals surface area contributed by atoms with Crippen LogP contribution in [0, 0.1) is 0 Å². The maximum atomic E-state index is 12.9. The van der Waals surface area contributed by atoms with Gasteiger partial charge >= 0.3 is 33.3 Å². The van der Waals surface area contributed by atoms with Crippen LogP contribution in [0.2, 0.25) is 0 Å². The molecular weight excluding hydrogens is 985 g/mol. The van der Waals surface area contributed by atoms with E-state index in [1.165, 1.54) is 44.6 Å². The topological polar surface area (TPSA) is 278 Å². The molecular formula is C52H81N3O16P2. The number of rotatable bonds is 40. The molecule has 1 aromatic rings. The molecule has 19 nitrogen and oxygen atoms in total. The highest BCUT2D eigenvalue weighted by Crippen LogP contribution is 2.60. The first kappa shape index (κ1) is 63.2. The number of ether oxygens (including phenoxy) is 4. The summed E-state index contributed by atoms with van der Waals surface area (Å²) < 4.78 is 62.5. The van der Waals surface area contributed by atoms with E-state index >= 15 is 0 Å². The highest BCUT2D eigenvalue weighted by molar-refractivity contribution is 7.61. The van der Waals surface area contributed by atoms with Crippen LogP contribution >= 0.6 is 15.6 Å². The van der Waals surface area contributed by atoms with E-state index in [9.17, 15) is 43.5 Å². The van der Waals surface area contributed by atoms with Crippen LogP contribution in [-0.4, -0.2) is 97.9 Å². The number of anilines is 1. The summed E-state index contributed by atoms with van der Waals surface area (Å²) in [4.78, 5) is 62.0. The monoisotopic (exact) mass is 1070 g/mol. The lowest BCUT2D eigenvalue weighted by molar-refractivity contribution is -0.161. The second-order valence-corrected chi connectivity index (χ2v) is 20.7. The smallest absolute Gasteiger partial charge is 0.462 e. The van der Waals surface area contributed by atoms with Gasteiger partial charge in [-0.2, -0.15) is 9.29 Å². The predicted octanol–water partition coefficient (Wildman–Crippen LogP) is 9.65. The van der Waals surface area contributed by atoms with Gasteiger partial charge in [-0.05, 0) is 96.0 Å². The van der Waals surface area contributed by atoms with Crippen molar-refractivity contribution in [3.63, 3.8) is 0 Å². The molecule has 410 valence electrons. The summed E-state index contributed by atoms with van der Waals surface area (Å²) in [5, 5.41) is 20.9. The first-order chi connectivity index (χ1) is 35.1. The molecule has 0 bridgehead atoms. The number of phosphoric ester groups is 2. The van der Waals surface area contributed by atoms with E-state index in [2.05, 4.69) is 96.1 Å². The molecule has 6 N–H and O–H groups in total. The number of hydrogen-bond acceptors (Lipinski definition) is 16. The van der Waals surface area contributed by atoms with Crippen molar-refractivity contribution in [3.8, 4) is 0 Å². The number of esters is 2. The van der Waals surface area contributed by atoms with Gasteiger partial charge in [0.1, 0.15) is 30.7 Å². The summed E-state index contributed by atoms with van der Waals surface area (Å²) >= 11 is 0. The summed E-state index contributed by atoms with van der Waals surface area (Å²) in [6.45, 7) is 1.96. The second-order valence-electron chi connectivity index (χ2n) is 17.7. The molecule has 0 amide bonds. The van der Waals surface area contributed by atoms with Crippen LogP contribution in [0.4, 0.5) is 5.82 Å². The van der Waals surface area contributed by atoms with E-state index in [1.54, 1.807) is 0 Å². The van der Waals surface area contributed by atoms with Crippen LogP contribution in [0.25, 0.3) is 0 Å². The molecule has 21 heteroatoms. The molecule has 0 radical (unpaired) electrons. The Labute approximate surface area is 431 Å². The van der Waals surface area contributed by atoms with Gasteiger partial charge in [-0.25, -0.2) is 13.9 Å². The van der Waals surface area contributed by atoms with Crippen molar-refractivity contribution in [2.24, 2.45) is 0 Å². The normalized spacial score (nSPS) is 22.4. The number of aliphatic hydroxyl groups is 2. The van der Waals surface area contributed by atoms with Crippen LogP contribution in [0.1, 0.15) is 148 Å². The molecule has 3 heterocycles. The Morgan fingerprint density at radius 1 is 0.685 bits per heavy atom. The Morgan fingerprint density at radius 2 is 1.22 bits per heavy atom. The SMILES string of the molecule is CCCCC/C=C\C/C=C\C/C=C\C/C=C\CCCC(=O)OC[C@H](COP(=O)(O)OP(=O)(O)OC[C@H]1O[C@@H](n2ccc(N)nc2=O)[C@H](O)[C@@H]1O)OC(=O)CCCC1OC1C/C=C\C/C=C\C/C=C\CCCCC. The molecule has 73 heavy (non-hydrogen) atoms. The third-order valence-corrected chi connectivity index (χ3v) is 14.0. The first-order valence-corrected chi connectivity index (χ1v) is 28.7. The number of carbonyl (C=O) groups excluding carboxylic acids is 2. The molecule has 2 saturated heterocycles. The van der Waals surface area contributed by atoms with Gasteiger partial charge in [0.25, 0.3) is 0 Å². The third-order valence-electron chi connectivity index (χ3n) is 11.4. The first-order valence-electron chi connectivity index (χ1n) is 25.7. The van der Waals surface area contributed by atoms with Crippen LogP contribution < -0.4 is 11.4 Å². The van der Waals surface area contributed by atoms with Crippen molar-refractivity contribution in [2.75, 3.05) is 25.6 Å². The minimum atomic E-state index is -5.46. The zero-order chi connectivity index (χ0) is 53.2. The Bertz CT molecular complexity index is 2120. The standard InChI is InChI=1S/C52H81N3O16P2/c1-3-5-7-9-11-13-15-17-18-19-20-21-23-25-27-29-31-35-47(56)65-39-42(68-48(57)36-32-34-44-43(69-44)33-30-28-26-24-22-16-14-12-10-8-6-4-2)40-66-72(61,62)71-73(63,64)67-41-45-49(58)50(59)51(70-45)55-38-37-46(53)54-52(55)60/h11-14,17-18,20-22,24-25,27-28,30,37-38,42-45,49-51,58-59H,3-10,15-16,19,23,26,29,31-36,39-41H2,1-2H3,(H,61,62)(H,63,64)(H2,53,54,60)/b13-11-,14-12-,18-17-,21-20-,24-22-,27-25-,30-28-/t42-,43?,44?,45-,49-,50-,51-/m1/s1. The lowest BCUT2D eigenvalue weighted by atomic mass is 10.1. The van der Waals surface area contributed by atoms with Crippen LogP contribution in [0.15, 0.2) is 102 Å². The molecule has 2 fully saturated rings. The summed E-state index contributed by atoms with van der Waals surface area (Å²) in [6, 6.07) is 1.24. The average molecular weight is 1070 g/mol. The van der Waals surface area contributed by atoms with E-state index in [0.717, 1.165) is 62.1 Å². The number of unbranched alkanes of at least 4 members (excludes halogenated alkanes) is 7. The van der Waals surface area contributed by atoms with Gasteiger partial charge < -0.3 is 44.7 Å². The van der Waals surface area contributed by atoms with E-state index in [4.69, 9.17) is 33.7 Å². The van der Waals surface area contributed by atoms with Crippen molar-refractivity contribution in [1.29, 1.82) is 0 Å². The van der Waals surface area contributed by atoms with Gasteiger partial charge in [-0.15, -0.1) is 0 Å². The Hall–Kier alpha value is -4.10. The zero-order valence-corrected chi connectivity index (χ0v) is 44.4.